The minimum Gasteiger partial charge on any atom is -0.461 e. The SMILES string of the molecule is Cc1cc(C)n(Cc2cccc(NC3CC(C)OC3=O)c2)n1. The lowest BCUT2D eigenvalue weighted by Gasteiger charge is -2.12. The van der Waals surface area contributed by atoms with Crippen molar-refractivity contribution >= 4 is 11.7 Å². The fraction of sp³-hybridized carbons (Fsp3) is 0.412. The molecule has 116 valence electrons. The number of esters is 1. The molecule has 1 fully saturated rings. The number of nitrogens with zero attached hydrogens (tertiary/aromatic N) is 2. The number of ether oxygens (including phenoxy) is 1. The number of carbonyl (C=O) groups is 1. The van der Waals surface area contributed by atoms with Gasteiger partial charge in [0.15, 0.2) is 0 Å². The Labute approximate surface area is 130 Å². The van der Waals surface area contributed by atoms with Crippen molar-refractivity contribution in [2.24, 2.45) is 0 Å². The van der Waals surface area contributed by atoms with Gasteiger partial charge < -0.3 is 10.1 Å². The van der Waals surface area contributed by atoms with E-state index in [0.29, 0.717) is 6.42 Å². The molecule has 5 nitrogen and oxygen atoms in total. The Morgan fingerprint density at radius 2 is 2.18 bits per heavy atom. The number of hydrogen-bond acceptors (Lipinski definition) is 4. The van der Waals surface area contributed by atoms with Crippen LogP contribution in [0.1, 0.15) is 30.3 Å². The van der Waals surface area contributed by atoms with Crippen LogP contribution in [0.4, 0.5) is 5.69 Å². The molecule has 2 unspecified atom stereocenters. The van der Waals surface area contributed by atoms with Crippen LogP contribution in [-0.2, 0) is 16.1 Å². The highest BCUT2D eigenvalue weighted by atomic mass is 16.6. The number of nitrogens with one attached hydrogen (secondary N) is 1. The maximum Gasteiger partial charge on any atom is 0.328 e. The van der Waals surface area contributed by atoms with Gasteiger partial charge in [0.1, 0.15) is 12.1 Å². The summed E-state index contributed by atoms with van der Waals surface area (Å²) >= 11 is 0. The third-order valence-electron chi connectivity index (χ3n) is 3.87. The molecule has 0 spiro atoms. The second kappa shape index (κ2) is 5.83. The van der Waals surface area contributed by atoms with E-state index >= 15 is 0 Å². The molecule has 1 aromatic carbocycles. The summed E-state index contributed by atoms with van der Waals surface area (Å²) in [5, 5.41) is 7.75. The van der Waals surface area contributed by atoms with Crippen molar-refractivity contribution in [1.29, 1.82) is 0 Å². The summed E-state index contributed by atoms with van der Waals surface area (Å²) in [7, 11) is 0. The van der Waals surface area contributed by atoms with Gasteiger partial charge in [-0.1, -0.05) is 12.1 Å². The van der Waals surface area contributed by atoms with Crippen LogP contribution >= 0.6 is 0 Å². The molecule has 1 N–H and O–H groups in total. The highest BCUT2D eigenvalue weighted by molar-refractivity contribution is 5.81. The largest absolute Gasteiger partial charge is 0.461 e. The molecule has 0 bridgehead atoms. The second-order valence-electron chi connectivity index (χ2n) is 5.97. The molecule has 5 heteroatoms. The van der Waals surface area contributed by atoms with E-state index in [1.54, 1.807) is 0 Å². The number of rotatable bonds is 4. The van der Waals surface area contributed by atoms with Gasteiger partial charge in [-0.2, -0.15) is 5.10 Å². The number of carbonyl (C=O) groups excluding carboxylic acids is 1. The number of aryl methyl sites for hydroxylation is 2. The van der Waals surface area contributed by atoms with E-state index in [9.17, 15) is 4.79 Å². The summed E-state index contributed by atoms with van der Waals surface area (Å²) in [5.74, 6) is -0.170. The van der Waals surface area contributed by atoms with Crippen LogP contribution in [0, 0.1) is 13.8 Å². The standard InChI is InChI=1S/C17H21N3O2/c1-11-7-12(2)20(19-11)10-14-5-4-6-15(9-14)18-16-8-13(3)22-17(16)21/h4-7,9,13,16,18H,8,10H2,1-3H3. The van der Waals surface area contributed by atoms with Crippen molar-refractivity contribution in [2.75, 3.05) is 5.32 Å². The molecule has 0 radical (unpaired) electrons. The van der Waals surface area contributed by atoms with Gasteiger partial charge in [0.2, 0.25) is 0 Å². The zero-order chi connectivity index (χ0) is 15.7. The monoisotopic (exact) mass is 299 g/mol. The Hall–Kier alpha value is -2.30. The van der Waals surface area contributed by atoms with Crippen molar-refractivity contribution in [3.63, 3.8) is 0 Å². The highest BCUT2D eigenvalue weighted by Crippen LogP contribution is 2.20. The van der Waals surface area contributed by atoms with E-state index < -0.39 is 0 Å². The van der Waals surface area contributed by atoms with Gasteiger partial charge in [-0.05, 0) is 44.5 Å². The highest BCUT2D eigenvalue weighted by Gasteiger charge is 2.31. The van der Waals surface area contributed by atoms with Gasteiger partial charge in [0.05, 0.1) is 12.2 Å². The summed E-state index contributed by atoms with van der Waals surface area (Å²) in [6.45, 7) is 6.69. The average molecular weight is 299 g/mol. The summed E-state index contributed by atoms with van der Waals surface area (Å²) < 4.78 is 7.16. The number of hydrogen-bond donors (Lipinski definition) is 1. The van der Waals surface area contributed by atoms with Crippen LogP contribution in [0.2, 0.25) is 0 Å². The number of anilines is 1. The summed E-state index contributed by atoms with van der Waals surface area (Å²) in [5.41, 5.74) is 4.25. The van der Waals surface area contributed by atoms with Gasteiger partial charge >= 0.3 is 5.97 Å². The molecule has 0 amide bonds. The van der Waals surface area contributed by atoms with Gasteiger partial charge in [-0.3, -0.25) is 4.68 Å². The molecular weight excluding hydrogens is 278 g/mol. The first-order valence-electron chi connectivity index (χ1n) is 7.58. The van der Waals surface area contributed by atoms with E-state index in [4.69, 9.17) is 4.74 Å². The van der Waals surface area contributed by atoms with Crippen LogP contribution in [0.15, 0.2) is 30.3 Å². The van der Waals surface area contributed by atoms with Crippen molar-refractivity contribution in [1.82, 2.24) is 9.78 Å². The lowest BCUT2D eigenvalue weighted by Crippen LogP contribution is -2.24. The van der Waals surface area contributed by atoms with Crippen molar-refractivity contribution in [3.8, 4) is 0 Å². The Kier molecular flexibility index (Phi) is 3.88. The molecule has 2 aromatic rings. The van der Waals surface area contributed by atoms with Crippen molar-refractivity contribution < 1.29 is 9.53 Å². The van der Waals surface area contributed by atoms with E-state index in [1.807, 2.05) is 30.7 Å². The van der Waals surface area contributed by atoms with Crippen LogP contribution < -0.4 is 5.32 Å². The third kappa shape index (κ3) is 3.13. The number of benzene rings is 1. The molecule has 1 aromatic heterocycles. The van der Waals surface area contributed by atoms with Crippen LogP contribution in [-0.4, -0.2) is 27.9 Å². The molecule has 22 heavy (non-hydrogen) atoms. The molecule has 2 heterocycles. The lowest BCUT2D eigenvalue weighted by atomic mass is 10.1. The first-order chi connectivity index (χ1) is 10.5. The molecule has 3 rings (SSSR count). The molecule has 1 aliphatic heterocycles. The summed E-state index contributed by atoms with van der Waals surface area (Å²) in [6, 6.07) is 9.91. The van der Waals surface area contributed by atoms with Crippen molar-refractivity contribution in [2.45, 2.75) is 45.9 Å². The van der Waals surface area contributed by atoms with Gasteiger partial charge in [-0.25, -0.2) is 4.79 Å². The van der Waals surface area contributed by atoms with Crippen LogP contribution in [0.5, 0.6) is 0 Å². The Bertz CT molecular complexity index is 693. The first-order valence-corrected chi connectivity index (χ1v) is 7.58. The fourth-order valence-electron chi connectivity index (χ4n) is 2.84. The Morgan fingerprint density at radius 1 is 1.36 bits per heavy atom. The quantitative estimate of drug-likeness (QED) is 0.882. The molecular formula is C17H21N3O2. The summed E-state index contributed by atoms with van der Waals surface area (Å²) in [4.78, 5) is 11.7. The maximum absolute atomic E-state index is 11.7. The minimum absolute atomic E-state index is 0.0112. The van der Waals surface area contributed by atoms with E-state index in [0.717, 1.165) is 29.2 Å². The second-order valence-corrected chi connectivity index (χ2v) is 5.97. The molecule has 0 saturated carbocycles. The Morgan fingerprint density at radius 3 is 2.82 bits per heavy atom. The van der Waals surface area contributed by atoms with Crippen LogP contribution in [0.25, 0.3) is 0 Å². The molecule has 2 atom stereocenters. The third-order valence-corrected chi connectivity index (χ3v) is 3.87. The normalized spacial score (nSPS) is 21.0. The smallest absolute Gasteiger partial charge is 0.328 e. The topological polar surface area (TPSA) is 56.2 Å². The van der Waals surface area contributed by atoms with Crippen molar-refractivity contribution in [3.05, 3.63) is 47.3 Å². The molecule has 1 saturated heterocycles. The number of aromatic nitrogens is 2. The average Bonchev–Trinajstić information content (AvgIpc) is 2.92. The minimum atomic E-state index is -0.251. The van der Waals surface area contributed by atoms with Gasteiger partial charge in [-0.15, -0.1) is 0 Å². The predicted molar refractivity (Wildman–Crippen MR) is 84.8 cm³/mol. The number of cyclic esters (lactones) is 1. The van der Waals surface area contributed by atoms with Gasteiger partial charge in [0.25, 0.3) is 0 Å². The predicted octanol–water partition coefficient (Wildman–Crippen LogP) is 2.66. The van der Waals surface area contributed by atoms with Crippen LogP contribution in [0.3, 0.4) is 0 Å². The van der Waals surface area contributed by atoms with Gasteiger partial charge in [0, 0.05) is 17.8 Å². The van der Waals surface area contributed by atoms with E-state index in [-0.39, 0.29) is 18.1 Å². The summed E-state index contributed by atoms with van der Waals surface area (Å²) in [6.07, 6.45) is 0.698. The maximum atomic E-state index is 11.7. The fourth-order valence-corrected chi connectivity index (χ4v) is 2.84. The lowest BCUT2D eigenvalue weighted by molar-refractivity contribution is -0.141. The Balaban J connectivity index is 1.72. The van der Waals surface area contributed by atoms with E-state index in [1.165, 1.54) is 0 Å². The zero-order valence-electron chi connectivity index (χ0n) is 13.2. The first kappa shape index (κ1) is 14.6. The molecule has 1 aliphatic rings. The zero-order valence-corrected chi connectivity index (χ0v) is 13.2. The van der Waals surface area contributed by atoms with E-state index in [2.05, 4.69) is 35.5 Å². The molecule has 0 aliphatic carbocycles.